The molecule has 2 rings (SSSR count). The number of hydrogen-bond acceptors (Lipinski definition) is 5. The van der Waals surface area contributed by atoms with Crippen LogP contribution in [-0.4, -0.2) is 49.7 Å². The molecule has 1 aliphatic heterocycles. The summed E-state index contributed by atoms with van der Waals surface area (Å²) in [5, 5.41) is 4.66. The van der Waals surface area contributed by atoms with E-state index in [0.717, 1.165) is 19.0 Å². The molecule has 1 aromatic rings. The van der Waals surface area contributed by atoms with E-state index in [0.29, 0.717) is 6.04 Å². The van der Waals surface area contributed by atoms with E-state index in [1.807, 2.05) is 11.3 Å². The predicted molar refractivity (Wildman–Crippen MR) is 92.3 cm³/mol. The third-order valence-corrected chi connectivity index (χ3v) is 5.52. The Kier molecular flexibility index (Phi) is 6.02. The zero-order chi connectivity index (χ0) is 15.4. The summed E-state index contributed by atoms with van der Waals surface area (Å²) >= 11 is 1.84. The summed E-state index contributed by atoms with van der Waals surface area (Å²) in [5.74, 6) is 0.813. The Bertz CT molecular complexity index is 435. The molecule has 1 fully saturated rings. The summed E-state index contributed by atoms with van der Waals surface area (Å²) in [6.45, 7) is 11.0. The van der Waals surface area contributed by atoms with Crippen LogP contribution >= 0.6 is 11.3 Å². The maximum absolute atomic E-state index is 4.76. The van der Waals surface area contributed by atoms with Crippen molar-refractivity contribution in [3.05, 3.63) is 10.6 Å². The Hall–Kier alpha value is -0.650. The third kappa shape index (κ3) is 4.94. The van der Waals surface area contributed by atoms with Crippen LogP contribution in [0, 0.1) is 12.8 Å². The van der Waals surface area contributed by atoms with Gasteiger partial charge in [0.2, 0.25) is 0 Å². The van der Waals surface area contributed by atoms with Crippen molar-refractivity contribution < 1.29 is 0 Å². The molecule has 1 aromatic heterocycles. The lowest BCUT2D eigenvalue weighted by atomic mass is 9.97. The van der Waals surface area contributed by atoms with Crippen LogP contribution < -0.4 is 10.2 Å². The molecule has 0 amide bonds. The first-order valence-corrected chi connectivity index (χ1v) is 8.86. The molecule has 1 N–H and O–H groups in total. The van der Waals surface area contributed by atoms with Crippen molar-refractivity contribution in [3.8, 4) is 0 Å². The van der Waals surface area contributed by atoms with E-state index < -0.39 is 0 Å². The lowest BCUT2D eigenvalue weighted by Gasteiger charge is -2.31. The number of nitrogens with one attached hydrogen (secondary N) is 1. The van der Waals surface area contributed by atoms with Crippen molar-refractivity contribution >= 4 is 16.5 Å². The van der Waals surface area contributed by atoms with Crippen LogP contribution in [0.2, 0.25) is 0 Å². The maximum Gasteiger partial charge on any atom is 0.185 e. The van der Waals surface area contributed by atoms with Crippen LogP contribution in [-0.2, 0) is 6.54 Å². The molecule has 0 aromatic carbocycles. The molecule has 0 atom stereocenters. The molecule has 0 unspecified atom stereocenters. The Labute approximate surface area is 133 Å². The third-order valence-electron chi connectivity index (χ3n) is 4.25. The molecule has 2 heterocycles. The molecule has 21 heavy (non-hydrogen) atoms. The van der Waals surface area contributed by atoms with Crippen LogP contribution in [0.1, 0.15) is 37.3 Å². The molecule has 0 saturated carbocycles. The lowest BCUT2D eigenvalue weighted by molar-refractivity contribution is 0.222. The summed E-state index contributed by atoms with van der Waals surface area (Å²) in [7, 11) is 4.41. The summed E-state index contributed by atoms with van der Waals surface area (Å²) in [6, 6.07) is 0.520. The summed E-state index contributed by atoms with van der Waals surface area (Å²) in [6.07, 6.45) is 2.62. The Morgan fingerprint density at radius 3 is 2.67 bits per heavy atom. The van der Waals surface area contributed by atoms with Gasteiger partial charge in [-0.15, -0.1) is 11.3 Å². The maximum atomic E-state index is 4.76. The summed E-state index contributed by atoms with van der Waals surface area (Å²) < 4.78 is 0. The number of aromatic nitrogens is 1. The minimum atomic E-state index is 0.520. The normalized spacial score (nSPS) is 17.6. The largest absolute Gasteiger partial charge is 0.351 e. The second-order valence-corrected chi connectivity index (χ2v) is 7.73. The SMILES string of the molecule is Cc1nc(N(C)CC2CCN(C)CC2)sc1CNC(C)C. The average molecular weight is 311 g/mol. The average Bonchev–Trinajstić information content (AvgIpc) is 2.80. The minimum absolute atomic E-state index is 0.520. The highest BCUT2D eigenvalue weighted by Crippen LogP contribution is 2.27. The van der Waals surface area contributed by atoms with E-state index in [1.54, 1.807) is 0 Å². The molecule has 1 aliphatic rings. The molecule has 120 valence electrons. The van der Waals surface area contributed by atoms with Gasteiger partial charge in [-0.3, -0.25) is 0 Å². The fourth-order valence-corrected chi connectivity index (χ4v) is 3.73. The number of thiazole rings is 1. The molecule has 4 nitrogen and oxygen atoms in total. The molecular weight excluding hydrogens is 280 g/mol. The van der Waals surface area contributed by atoms with Gasteiger partial charge in [0, 0.05) is 31.1 Å². The second-order valence-electron chi connectivity index (χ2n) is 6.67. The van der Waals surface area contributed by atoms with Crippen molar-refractivity contribution in [2.45, 2.75) is 46.2 Å². The van der Waals surface area contributed by atoms with Gasteiger partial charge in [-0.05, 0) is 45.8 Å². The van der Waals surface area contributed by atoms with E-state index in [-0.39, 0.29) is 0 Å². The molecule has 1 saturated heterocycles. The molecule has 5 heteroatoms. The lowest BCUT2D eigenvalue weighted by Crippen LogP contribution is -2.35. The zero-order valence-electron chi connectivity index (χ0n) is 14.1. The van der Waals surface area contributed by atoms with Gasteiger partial charge in [0.15, 0.2) is 5.13 Å². The molecule has 0 spiro atoms. The Morgan fingerprint density at radius 1 is 1.38 bits per heavy atom. The summed E-state index contributed by atoms with van der Waals surface area (Å²) in [4.78, 5) is 10.9. The van der Waals surface area contributed by atoms with Gasteiger partial charge in [0.1, 0.15) is 0 Å². The zero-order valence-corrected chi connectivity index (χ0v) is 15.0. The predicted octanol–water partition coefficient (Wildman–Crippen LogP) is 2.73. The van der Waals surface area contributed by atoms with Gasteiger partial charge < -0.3 is 15.1 Å². The van der Waals surface area contributed by atoms with Crippen molar-refractivity contribution in [2.24, 2.45) is 5.92 Å². The fraction of sp³-hybridized carbons (Fsp3) is 0.812. The van der Waals surface area contributed by atoms with Crippen molar-refractivity contribution in [2.75, 3.05) is 38.6 Å². The highest BCUT2D eigenvalue weighted by atomic mass is 32.1. The standard InChI is InChI=1S/C16H30N4S/c1-12(2)17-10-15-13(3)18-16(21-15)20(5)11-14-6-8-19(4)9-7-14/h12,14,17H,6-11H2,1-5H3. The highest BCUT2D eigenvalue weighted by Gasteiger charge is 2.20. The highest BCUT2D eigenvalue weighted by molar-refractivity contribution is 7.15. The fourth-order valence-electron chi connectivity index (χ4n) is 2.75. The van der Waals surface area contributed by atoms with Gasteiger partial charge in [-0.2, -0.15) is 0 Å². The van der Waals surface area contributed by atoms with Gasteiger partial charge >= 0.3 is 0 Å². The number of anilines is 1. The van der Waals surface area contributed by atoms with Crippen molar-refractivity contribution in [1.82, 2.24) is 15.2 Å². The van der Waals surface area contributed by atoms with Crippen LogP contribution in [0.3, 0.4) is 0 Å². The number of nitrogens with zero attached hydrogens (tertiary/aromatic N) is 3. The van der Waals surface area contributed by atoms with Gasteiger partial charge in [-0.25, -0.2) is 4.98 Å². The molecular formula is C16H30N4S. The number of hydrogen-bond donors (Lipinski definition) is 1. The summed E-state index contributed by atoms with van der Waals surface area (Å²) in [5.41, 5.74) is 1.18. The number of piperidine rings is 1. The topological polar surface area (TPSA) is 31.4 Å². The first-order chi connectivity index (χ1) is 9.95. The van der Waals surface area contributed by atoms with Gasteiger partial charge in [-0.1, -0.05) is 13.8 Å². The van der Waals surface area contributed by atoms with Gasteiger partial charge in [0.25, 0.3) is 0 Å². The van der Waals surface area contributed by atoms with E-state index in [1.165, 1.54) is 41.6 Å². The Balaban J connectivity index is 1.90. The van der Waals surface area contributed by atoms with Crippen LogP contribution in [0.4, 0.5) is 5.13 Å². The van der Waals surface area contributed by atoms with Crippen LogP contribution in [0.15, 0.2) is 0 Å². The minimum Gasteiger partial charge on any atom is -0.351 e. The van der Waals surface area contributed by atoms with Crippen molar-refractivity contribution in [3.63, 3.8) is 0 Å². The van der Waals surface area contributed by atoms with Crippen LogP contribution in [0.5, 0.6) is 0 Å². The van der Waals surface area contributed by atoms with Crippen LogP contribution in [0.25, 0.3) is 0 Å². The Morgan fingerprint density at radius 2 is 2.05 bits per heavy atom. The quantitative estimate of drug-likeness (QED) is 0.875. The number of rotatable bonds is 6. The van der Waals surface area contributed by atoms with E-state index in [9.17, 15) is 0 Å². The second kappa shape index (κ2) is 7.56. The van der Waals surface area contributed by atoms with E-state index in [4.69, 9.17) is 4.98 Å². The molecule has 0 radical (unpaired) electrons. The molecule has 0 bridgehead atoms. The number of likely N-dealkylation sites (tertiary alicyclic amines) is 1. The number of aryl methyl sites for hydroxylation is 1. The smallest absolute Gasteiger partial charge is 0.185 e. The van der Waals surface area contributed by atoms with E-state index in [2.05, 4.69) is 50.0 Å². The van der Waals surface area contributed by atoms with Crippen molar-refractivity contribution in [1.29, 1.82) is 0 Å². The molecule has 0 aliphatic carbocycles. The van der Waals surface area contributed by atoms with E-state index >= 15 is 0 Å². The van der Waals surface area contributed by atoms with Gasteiger partial charge in [0.05, 0.1) is 5.69 Å². The first kappa shape index (κ1) is 16.7. The monoisotopic (exact) mass is 310 g/mol. The first-order valence-electron chi connectivity index (χ1n) is 8.05.